The highest BCUT2D eigenvalue weighted by Gasteiger charge is 2.62. The molecule has 0 bridgehead atoms. The molecule has 3 saturated carbocycles. The Hall–Kier alpha value is -1.06. The number of fused-ring (bicyclic) bond motifs is 5. The summed E-state index contributed by atoms with van der Waals surface area (Å²) in [7, 11) is 2.04. The minimum Gasteiger partial charge on any atom is -0.342 e. The monoisotopic (exact) mass is 416 g/mol. The Kier molecular flexibility index (Phi) is 5.55. The molecule has 7 atom stereocenters. The predicted molar refractivity (Wildman–Crippen MR) is 121 cm³/mol. The van der Waals surface area contributed by atoms with Crippen molar-refractivity contribution >= 4 is 11.8 Å². The first-order chi connectivity index (χ1) is 14.0. The van der Waals surface area contributed by atoms with Crippen LogP contribution in [0, 0.1) is 34.5 Å². The standard InChI is InChI=1S/C26H44N2O2/c1-16(2)28(17(3)4)24(30)21-10-9-19-18-8-11-22-26(6,15-13-23(29)27(22)7)20(18)12-14-25(19,21)5/h16-22H,8-15H2,1-7H3. The van der Waals surface area contributed by atoms with E-state index in [1.54, 1.807) is 0 Å². The van der Waals surface area contributed by atoms with Gasteiger partial charge in [0.05, 0.1) is 0 Å². The van der Waals surface area contributed by atoms with Crippen molar-refractivity contribution < 1.29 is 9.59 Å². The Morgan fingerprint density at radius 2 is 1.57 bits per heavy atom. The summed E-state index contributed by atoms with van der Waals surface area (Å²) in [6, 6.07) is 0.947. The summed E-state index contributed by atoms with van der Waals surface area (Å²) in [6.07, 6.45) is 8.86. The molecule has 0 radical (unpaired) electrons. The van der Waals surface area contributed by atoms with Gasteiger partial charge in [-0.05, 0) is 101 Å². The normalized spacial score (nSPS) is 43.4. The van der Waals surface area contributed by atoms with E-state index in [-0.39, 0.29) is 28.8 Å². The van der Waals surface area contributed by atoms with Crippen LogP contribution in [0.25, 0.3) is 0 Å². The summed E-state index contributed by atoms with van der Waals surface area (Å²) in [5.41, 5.74) is 0.413. The molecule has 30 heavy (non-hydrogen) atoms. The number of hydrogen-bond donors (Lipinski definition) is 0. The van der Waals surface area contributed by atoms with Gasteiger partial charge in [-0.3, -0.25) is 9.59 Å². The third kappa shape index (κ3) is 3.06. The Morgan fingerprint density at radius 3 is 2.20 bits per heavy atom. The third-order valence-electron chi connectivity index (χ3n) is 10.2. The molecule has 1 saturated heterocycles. The Bertz CT molecular complexity index is 695. The first-order valence-electron chi connectivity index (χ1n) is 12.6. The van der Waals surface area contributed by atoms with Crippen molar-refractivity contribution in [2.45, 2.75) is 111 Å². The maximum absolute atomic E-state index is 13.7. The quantitative estimate of drug-likeness (QED) is 0.641. The van der Waals surface area contributed by atoms with Crippen LogP contribution in [0.3, 0.4) is 0 Å². The minimum atomic E-state index is 0.153. The van der Waals surface area contributed by atoms with Crippen LogP contribution in [0.1, 0.15) is 92.9 Å². The van der Waals surface area contributed by atoms with Gasteiger partial charge in [-0.1, -0.05) is 13.8 Å². The minimum absolute atomic E-state index is 0.153. The van der Waals surface area contributed by atoms with Crippen molar-refractivity contribution in [3.8, 4) is 0 Å². The van der Waals surface area contributed by atoms with Crippen molar-refractivity contribution in [2.75, 3.05) is 7.05 Å². The average Bonchev–Trinajstić information content (AvgIpc) is 3.01. The van der Waals surface area contributed by atoms with Gasteiger partial charge in [-0.25, -0.2) is 0 Å². The zero-order valence-corrected chi connectivity index (χ0v) is 20.4. The number of rotatable bonds is 3. The maximum atomic E-state index is 13.7. The average molecular weight is 417 g/mol. The van der Waals surface area contributed by atoms with E-state index in [0.29, 0.717) is 36.1 Å². The highest BCUT2D eigenvalue weighted by Crippen LogP contribution is 2.66. The summed E-state index contributed by atoms with van der Waals surface area (Å²) in [6.45, 7) is 13.6. The van der Waals surface area contributed by atoms with Gasteiger partial charge in [-0.2, -0.15) is 0 Å². The molecule has 1 heterocycles. The summed E-state index contributed by atoms with van der Waals surface area (Å²) in [5, 5.41) is 0. The van der Waals surface area contributed by atoms with E-state index < -0.39 is 0 Å². The van der Waals surface area contributed by atoms with Gasteiger partial charge in [0.15, 0.2) is 0 Å². The molecule has 0 aromatic carbocycles. The van der Waals surface area contributed by atoms with Crippen LogP contribution in [-0.2, 0) is 9.59 Å². The number of carbonyl (C=O) groups excluding carboxylic acids is 2. The van der Waals surface area contributed by atoms with E-state index in [4.69, 9.17) is 0 Å². The molecule has 4 nitrogen and oxygen atoms in total. The maximum Gasteiger partial charge on any atom is 0.226 e. The number of hydrogen-bond acceptors (Lipinski definition) is 2. The second-order valence-electron chi connectivity index (χ2n) is 12.1. The number of amides is 2. The van der Waals surface area contributed by atoms with Crippen molar-refractivity contribution in [2.24, 2.45) is 34.5 Å². The summed E-state index contributed by atoms with van der Waals surface area (Å²) < 4.78 is 0. The lowest BCUT2D eigenvalue weighted by Crippen LogP contribution is -2.61. The van der Waals surface area contributed by atoms with E-state index in [1.165, 1.54) is 25.7 Å². The van der Waals surface area contributed by atoms with Crippen molar-refractivity contribution in [1.29, 1.82) is 0 Å². The van der Waals surface area contributed by atoms with E-state index in [9.17, 15) is 9.59 Å². The zero-order chi connectivity index (χ0) is 22.0. The van der Waals surface area contributed by atoms with Crippen LogP contribution in [0.15, 0.2) is 0 Å². The lowest BCUT2D eigenvalue weighted by atomic mass is 9.47. The Labute approximate surface area is 184 Å². The molecule has 0 aromatic heterocycles. The van der Waals surface area contributed by atoms with Crippen molar-refractivity contribution in [3.05, 3.63) is 0 Å². The molecule has 0 N–H and O–H groups in total. The molecule has 4 fully saturated rings. The van der Waals surface area contributed by atoms with Crippen LogP contribution in [-0.4, -0.2) is 46.8 Å². The van der Waals surface area contributed by atoms with Crippen LogP contribution < -0.4 is 0 Å². The largest absolute Gasteiger partial charge is 0.342 e. The molecule has 1 aliphatic heterocycles. The molecule has 3 aliphatic carbocycles. The molecular formula is C26H44N2O2. The third-order valence-corrected chi connectivity index (χ3v) is 10.2. The SMILES string of the molecule is CC(C)N(C(=O)C1CCC2C3CCC4N(C)C(=O)CCC4(C)C3CCC12C)C(C)C. The van der Waals surface area contributed by atoms with Crippen molar-refractivity contribution in [3.63, 3.8) is 0 Å². The predicted octanol–water partition coefficient (Wildman–Crippen LogP) is 5.11. The second-order valence-corrected chi connectivity index (χ2v) is 12.1. The van der Waals surface area contributed by atoms with Gasteiger partial charge in [0.25, 0.3) is 0 Å². The fourth-order valence-electron chi connectivity index (χ4n) is 8.84. The fourth-order valence-corrected chi connectivity index (χ4v) is 8.84. The molecule has 0 aromatic rings. The van der Waals surface area contributed by atoms with Crippen LogP contribution in [0.2, 0.25) is 0 Å². The first kappa shape index (κ1) is 22.1. The van der Waals surface area contributed by atoms with Gasteiger partial charge in [0, 0.05) is 37.5 Å². The van der Waals surface area contributed by atoms with E-state index in [2.05, 4.69) is 51.3 Å². The van der Waals surface area contributed by atoms with Crippen LogP contribution in [0.5, 0.6) is 0 Å². The van der Waals surface area contributed by atoms with Crippen LogP contribution >= 0.6 is 0 Å². The lowest BCUT2D eigenvalue weighted by Gasteiger charge is -2.61. The molecule has 0 spiro atoms. The summed E-state index contributed by atoms with van der Waals surface area (Å²) >= 11 is 0. The molecule has 4 aliphatic rings. The topological polar surface area (TPSA) is 40.6 Å². The van der Waals surface area contributed by atoms with Gasteiger partial charge in [0.1, 0.15) is 0 Å². The van der Waals surface area contributed by atoms with E-state index in [0.717, 1.165) is 25.2 Å². The molecule has 4 heteroatoms. The zero-order valence-electron chi connectivity index (χ0n) is 20.4. The van der Waals surface area contributed by atoms with Gasteiger partial charge in [0.2, 0.25) is 11.8 Å². The molecule has 7 unspecified atom stereocenters. The van der Waals surface area contributed by atoms with E-state index >= 15 is 0 Å². The van der Waals surface area contributed by atoms with Crippen molar-refractivity contribution in [1.82, 2.24) is 9.80 Å². The number of piperidine rings is 1. The Balaban J connectivity index is 1.59. The summed E-state index contributed by atoms with van der Waals surface area (Å²) in [4.78, 5) is 30.3. The molecule has 2 amide bonds. The van der Waals surface area contributed by atoms with Gasteiger partial charge >= 0.3 is 0 Å². The van der Waals surface area contributed by atoms with Crippen LogP contribution in [0.4, 0.5) is 0 Å². The molecular weight excluding hydrogens is 372 g/mol. The highest BCUT2D eigenvalue weighted by molar-refractivity contribution is 5.81. The lowest BCUT2D eigenvalue weighted by molar-refractivity contribution is -0.162. The highest BCUT2D eigenvalue weighted by atomic mass is 16.2. The Morgan fingerprint density at radius 1 is 0.933 bits per heavy atom. The fraction of sp³-hybridized carbons (Fsp3) is 0.923. The first-order valence-corrected chi connectivity index (χ1v) is 12.6. The summed E-state index contributed by atoms with van der Waals surface area (Å²) in [5.74, 6) is 3.05. The number of nitrogens with zero attached hydrogens (tertiary/aromatic N) is 2. The number of likely N-dealkylation sites (tertiary alicyclic amines) is 1. The van der Waals surface area contributed by atoms with Gasteiger partial charge in [-0.15, -0.1) is 0 Å². The van der Waals surface area contributed by atoms with Gasteiger partial charge < -0.3 is 9.80 Å². The second kappa shape index (κ2) is 7.52. The van der Waals surface area contributed by atoms with E-state index in [1.807, 2.05) is 7.05 Å². The number of carbonyl (C=O) groups is 2. The molecule has 4 rings (SSSR count). The smallest absolute Gasteiger partial charge is 0.226 e. The molecule has 170 valence electrons.